The van der Waals surface area contributed by atoms with Crippen molar-refractivity contribution in [2.24, 2.45) is 0 Å². The number of carbonyl (C=O) groups is 2. The zero-order valence-corrected chi connectivity index (χ0v) is 27.3. The highest BCUT2D eigenvalue weighted by Crippen LogP contribution is 2.33. The molecule has 0 spiro atoms. The number of anilines is 3. The summed E-state index contributed by atoms with van der Waals surface area (Å²) >= 11 is 0. The summed E-state index contributed by atoms with van der Waals surface area (Å²) in [5, 5.41) is 5.95. The van der Waals surface area contributed by atoms with Gasteiger partial charge in [-0.2, -0.15) is 0 Å². The van der Waals surface area contributed by atoms with Gasteiger partial charge in [-0.1, -0.05) is 18.2 Å². The SMILES string of the molecule is CN(C)C(=O)c1ccc(NC(=O)Nc2ccc(-c3nc(N4CCOCC4)c4ccc(-c5cccc(S(C)(=O)=O)c5)cc4n3)cc2F)cc1. The van der Waals surface area contributed by atoms with Gasteiger partial charge in [-0.25, -0.2) is 27.6 Å². The molecule has 2 N–H and O–H groups in total. The van der Waals surface area contributed by atoms with E-state index in [2.05, 4.69) is 15.5 Å². The smallest absolute Gasteiger partial charge is 0.323 e. The van der Waals surface area contributed by atoms with Crippen LogP contribution in [0.15, 0.2) is 89.8 Å². The summed E-state index contributed by atoms with van der Waals surface area (Å²) in [5.41, 5.74) is 3.34. The molecular weight excluding hydrogens is 635 g/mol. The Labute approximate surface area is 277 Å². The second kappa shape index (κ2) is 13.4. The van der Waals surface area contributed by atoms with Gasteiger partial charge in [0, 0.05) is 55.6 Å². The van der Waals surface area contributed by atoms with Gasteiger partial charge in [0.1, 0.15) is 11.6 Å². The number of sulfone groups is 1. The molecule has 2 heterocycles. The fourth-order valence-corrected chi connectivity index (χ4v) is 6.01. The number of urea groups is 1. The molecule has 13 heteroatoms. The Kier molecular flexibility index (Phi) is 9.07. The summed E-state index contributed by atoms with van der Waals surface area (Å²) in [7, 11) is -0.0992. The lowest BCUT2D eigenvalue weighted by Crippen LogP contribution is -2.37. The van der Waals surface area contributed by atoms with E-state index in [0.717, 1.165) is 10.9 Å². The van der Waals surface area contributed by atoms with Crippen molar-refractivity contribution in [3.8, 4) is 22.5 Å². The summed E-state index contributed by atoms with van der Waals surface area (Å²) in [5.74, 6) is 0.112. The third kappa shape index (κ3) is 7.11. The van der Waals surface area contributed by atoms with Gasteiger partial charge in [-0.15, -0.1) is 0 Å². The van der Waals surface area contributed by atoms with Gasteiger partial charge in [0.25, 0.3) is 5.91 Å². The highest BCUT2D eigenvalue weighted by molar-refractivity contribution is 7.90. The highest BCUT2D eigenvalue weighted by atomic mass is 32.2. The largest absolute Gasteiger partial charge is 0.378 e. The number of benzene rings is 4. The minimum Gasteiger partial charge on any atom is -0.378 e. The van der Waals surface area contributed by atoms with E-state index in [1.165, 1.54) is 23.3 Å². The molecule has 246 valence electrons. The summed E-state index contributed by atoms with van der Waals surface area (Å²) in [6.45, 7) is 2.30. The first kappa shape index (κ1) is 32.5. The van der Waals surface area contributed by atoms with Crippen molar-refractivity contribution < 1.29 is 27.1 Å². The number of nitrogens with one attached hydrogen (secondary N) is 2. The molecule has 4 aromatic carbocycles. The molecule has 1 fully saturated rings. The number of hydrogen-bond acceptors (Lipinski definition) is 8. The maximum Gasteiger partial charge on any atom is 0.323 e. The fourth-order valence-electron chi connectivity index (χ4n) is 5.34. The molecule has 1 saturated heterocycles. The van der Waals surface area contributed by atoms with Crippen molar-refractivity contribution in [2.75, 3.05) is 62.2 Å². The third-order valence-electron chi connectivity index (χ3n) is 7.85. The molecule has 0 atom stereocenters. The quantitative estimate of drug-likeness (QED) is 0.226. The monoisotopic (exact) mass is 668 g/mol. The van der Waals surface area contributed by atoms with Crippen LogP contribution in [0.5, 0.6) is 0 Å². The van der Waals surface area contributed by atoms with E-state index in [1.54, 1.807) is 62.6 Å². The van der Waals surface area contributed by atoms with Gasteiger partial charge in [-0.3, -0.25) is 4.79 Å². The number of carbonyl (C=O) groups excluding carboxylic acids is 2. The van der Waals surface area contributed by atoms with Crippen LogP contribution < -0.4 is 15.5 Å². The Balaban J connectivity index is 1.29. The summed E-state index contributed by atoms with van der Waals surface area (Å²) < 4.78 is 45.3. The Bertz CT molecular complexity index is 2130. The van der Waals surface area contributed by atoms with Crippen molar-refractivity contribution in [1.82, 2.24) is 14.9 Å². The van der Waals surface area contributed by atoms with Gasteiger partial charge >= 0.3 is 6.03 Å². The first-order valence-corrected chi connectivity index (χ1v) is 17.0. The number of aromatic nitrogens is 2. The predicted octanol–water partition coefficient (Wildman–Crippen LogP) is 5.69. The molecule has 0 radical (unpaired) electrons. The number of morpholine rings is 1. The standard InChI is InChI=1S/C35H33FN6O5S/c1-41(2)34(43)22-7-11-26(12-8-22)37-35(44)39-30-14-10-25(20-29(30)36)32-38-31-21-24(23-5-4-6-27(19-23)48(3,45)46)9-13-28(31)33(40-32)42-15-17-47-18-16-42/h4-14,19-21H,15-18H2,1-3H3,(H2,37,39,44). The number of ether oxygens (including phenoxy) is 1. The van der Waals surface area contributed by atoms with E-state index >= 15 is 4.39 Å². The van der Waals surface area contributed by atoms with Crippen molar-refractivity contribution in [3.05, 3.63) is 96.3 Å². The number of rotatable bonds is 7. The van der Waals surface area contributed by atoms with E-state index in [1.807, 2.05) is 24.3 Å². The molecule has 1 aliphatic heterocycles. The molecule has 1 aromatic heterocycles. The van der Waals surface area contributed by atoms with Crippen molar-refractivity contribution in [1.29, 1.82) is 0 Å². The van der Waals surface area contributed by atoms with Gasteiger partial charge in [0.2, 0.25) is 0 Å². The van der Waals surface area contributed by atoms with Gasteiger partial charge in [0.05, 0.1) is 29.3 Å². The first-order valence-electron chi connectivity index (χ1n) is 15.1. The zero-order chi connectivity index (χ0) is 34.0. The molecule has 6 rings (SSSR count). The lowest BCUT2D eigenvalue weighted by molar-refractivity contribution is 0.0827. The molecule has 0 aliphatic carbocycles. The fraction of sp³-hybridized carbons (Fsp3) is 0.200. The van der Waals surface area contributed by atoms with Crippen LogP contribution in [0, 0.1) is 5.82 Å². The Morgan fingerprint density at radius 3 is 2.25 bits per heavy atom. The minimum absolute atomic E-state index is 0.0436. The molecule has 1 aliphatic rings. The Morgan fingerprint density at radius 2 is 1.56 bits per heavy atom. The van der Waals surface area contributed by atoms with Crippen molar-refractivity contribution >= 4 is 49.9 Å². The molecule has 0 saturated carbocycles. The number of fused-ring (bicyclic) bond motifs is 1. The molecule has 0 bridgehead atoms. The Hall–Kier alpha value is -5.40. The second-order valence-corrected chi connectivity index (χ2v) is 13.6. The second-order valence-electron chi connectivity index (χ2n) is 11.6. The summed E-state index contributed by atoms with van der Waals surface area (Å²) in [6.07, 6.45) is 1.17. The average Bonchev–Trinajstić information content (AvgIpc) is 3.08. The van der Waals surface area contributed by atoms with Crippen LogP contribution >= 0.6 is 0 Å². The van der Waals surface area contributed by atoms with Gasteiger partial charge in [0.15, 0.2) is 15.7 Å². The van der Waals surface area contributed by atoms with Crippen molar-refractivity contribution in [3.63, 3.8) is 0 Å². The van der Waals surface area contributed by atoms with E-state index in [9.17, 15) is 18.0 Å². The zero-order valence-electron chi connectivity index (χ0n) is 26.5. The van der Waals surface area contributed by atoms with Crippen LogP contribution in [0.4, 0.5) is 26.4 Å². The molecular formula is C35H33FN6O5S. The predicted molar refractivity (Wildman–Crippen MR) is 184 cm³/mol. The number of amides is 3. The van der Waals surface area contributed by atoms with E-state index in [4.69, 9.17) is 14.7 Å². The van der Waals surface area contributed by atoms with Crippen LogP contribution in [0.1, 0.15) is 10.4 Å². The highest BCUT2D eigenvalue weighted by Gasteiger charge is 2.20. The summed E-state index contributed by atoms with van der Waals surface area (Å²) in [6, 6.07) is 22.4. The van der Waals surface area contributed by atoms with Crippen LogP contribution in [-0.4, -0.2) is 81.9 Å². The number of hydrogen-bond donors (Lipinski definition) is 2. The van der Waals surface area contributed by atoms with Crippen LogP contribution in [-0.2, 0) is 14.6 Å². The molecule has 11 nitrogen and oxygen atoms in total. The van der Waals surface area contributed by atoms with Crippen LogP contribution in [0.2, 0.25) is 0 Å². The topological polar surface area (TPSA) is 134 Å². The van der Waals surface area contributed by atoms with E-state index in [-0.39, 0.29) is 22.3 Å². The normalized spacial score (nSPS) is 13.3. The lowest BCUT2D eigenvalue weighted by atomic mass is 10.0. The van der Waals surface area contributed by atoms with Crippen molar-refractivity contribution in [2.45, 2.75) is 4.90 Å². The van der Waals surface area contributed by atoms with Gasteiger partial charge < -0.3 is 25.2 Å². The van der Waals surface area contributed by atoms with E-state index < -0.39 is 21.7 Å². The molecule has 3 amide bonds. The molecule has 0 unspecified atom stereocenters. The Morgan fingerprint density at radius 1 is 0.854 bits per heavy atom. The average molecular weight is 669 g/mol. The minimum atomic E-state index is -3.40. The number of halogens is 1. The van der Waals surface area contributed by atoms with Gasteiger partial charge in [-0.05, 0) is 77.9 Å². The third-order valence-corrected chi connectivity index (χ3v) is 8.96. The first-order chi connectivity index (χ1) is 23.0. The van der Waals surface area contributed by atoms with E-state index in [0.29, 0.717) is 60.0 Å². The lowest BCUT2D eigenvalue weighted by Gasteiger charge is -2.29. The molecule has 48 heavy (non-hydrogen) atoms. The summed E-state index contributed by atoms with van der Waals surface area (Å²) in [4.78, 5) is 38.2. The molecule has 5 aromatic rings. The number of nitrogens with zero attached hydrogens (tertiary/aromatic N) is 4. The van der Waals surface area contributed by atoms with Crippen LogP contribution in [0.3, 0.4) is 0 Å². The van der Waals surface area contributed by atoms with Crippen LogP contribution in [0.25, 0.3) is 33.4 Å². The maximum atomic E-state index is 15.4. The maximum absolute atomic E-state index is 15.4.